The first-order valence-corrected chi connectivity index (χ1v) is 7.98. The highest BCUT2D eigenvalue weighted by molar-refractivity contribution is 6.33. The number of hydrogen-bond acceptors (Lipinski definition) is 1. The summed E-state index contributed by atoms with van der Waals surface area (Å²) in [6.45, 7) is 6.92. The summed E-state index contributed by atoms with van der Waals surface area (Å²) < 4.78 is 0. The lowest BCUT2D eigenvalue weighted by atomic mass is 10.0. The first kappa shape index (κ1) is 16.6. The van der Waals surface area contributed by atoms with Crippen molar-refractivity contribution in [1.82, 2.24) is 5.32 Å². The Bertz CT molecular complexity index is 647. The lowest BCUT2D eigenvalue weighted by Crippen LogP contribution is -2.26. The molecular weight excluding hydrogens is 294 g/mol. The maximum absolute atomic E-state index is 12.1. The van der Waals surface area contributed by atoms with Crippen molar-refractivity contribution in [1.29, 1.82) is 0 Å². The van der Waals surface area contributed by atoms with Crippen molar-refractivity contribution in [2.75, 3.05) is 6.54 Å². The van der Waals surface area contributed by atoms with E-state index in [1.807, 2.05) is 13.0 Å². The summed E-state index contributed by atoms with van der Waals surface area (Å²) in [4.78, 5) is 12.1. The third-order valence-corrected chi connectivity index (χ3v) is 4.03. The van der Waals surface area contributed by atoms with E-state index >= 15 is 0 Å². The van der Waals surface area contributed by atoms with Crippen LogP contribution in [0.2, 0.25) is 5.02 Å². The molecule has 0 aliphatic carbocycles. The van der Waals surface area contributed by atoms with Gasteiger partial charge in [-0.2, -0.15) is 0 Å². The maximum Gasteiger partial charge on any atom is 0.252 e. The molecule has 0 unspecified atom stereocenters. The molecule has 0 saturated carbocycles. The average Bonchev–Trinajstić information content (AvgIpc) is 2.47. The Kier molecular flexibility index (Phi) is 5.62. The maximum atomic E-state index is 12.1. The molecule has 3 heteroatoms. The van der Waals surface area contributed by atoms with Gasteiger partial charge in [0, 0.05) is 6.54 Å². The normalized spacial score (nSPS) is 10.8. The van der Waals surface area contributed by atoms with Crippen LogP contribution in [0.25, 0.3) is 0 Å². The van der Waals surface area contributed by atoms with Crippen molar-refractivity contribution in [3.8, 4) is 0 Å². The van der Waals surface area contributed by atoms with Gasteiger partial charge in [0.25, 0.3) is 5.91 Å². The van der Waals surface area contributed by atoms with Crippen molar-refractivity contribution in [3.63, 3.8) is 0 Å². The second kappa shape index (κ2) is 7.46. The lowest BCUT2D eigenvalue weighted by Gasteiger charge is -2.09. The Balaban J connectivity index is 1.89. The van der Waals surface area contributed by atoms with Crippen LogP contribution in [0.15, 0.2) is 42.5 Å². The van der Waals surface area contributed by atoms with E-state index in [4.69, 9.17) is 11.6 Å². The zero-order chi connectivity index (χ0) is 16.1. The Morgan fingerprint density at radius 1 is 1.14 bits per heavy atom. The van der Waals surface area contributed by atoms with E-state index in [1.165, 1.54) is 11.1 Å². The van der Waals surface area contributed by atoms with Crippen LogP contribution in [0.5, 0.6) is 0 Å². The van der Waals surface area contributed by atoms with Crippen molar-refractivity contribution in [2.45, 2.75) is 33.1 Å². The van der Waals surface area contributed by atoms with E-state index < -0.39 is 0 Å². The molecule has 0 saturated heterocycles. The highest BCUT2D eigenvalue weighted by atomic mass is 35.5. The van der Waals surface area contributed by atoms with Crippen LogP contribution in [0.3, 0.4) is 0 Å². The van der Waals surface area contributed by atoms with Gasteiger partial charge in [-0.25, -0.2) is 0 Å². The lowest BCUT2D eigenvalue weighted by molar-refractivity contribution is 0.0954. The highest BCUT2D eigenvalue weighted by Gasteiger charge is 2.09. The summed E-state index contributed by atoms with van der Waals surface area (Å²) in [6.07, 6.45) is 0.813. The minimum atomic E-state index is -0.121. The number of benzene rings is 2. The Hall–Kier alpha value is -1.80. The molecule has 1 N–H and O–H groups in total. The van der Waals surface area contributed by atoms with Gasteiger partial charge in [-0.3, -0.25) is 4.79 Å². The monoisotopic (exact) mass is 315 g/mol. The molecule has 2 aromatic rings. The Morgan fingerprint density at radius 3 is 2.41 bits per heavy atom. The summed E-state index contributed by atoms with van der Waals surface area (Å²) in [7, 11) is 0. The SMILES string of the molecule is Cc1ccc(C(=O)NCCc2ccc(C(C)C)cc2)c(Cl)c1. The number of aryl methyl sites for hydroxylation is 1. The molecule has 0 aliphatic heterocycles. The smallest absolute Gasteiger partial charge is 0.252 e. The molecule has 2 nitrogen and oxygen atoms in total. The van der Waals surface area contributed by atoms with Crippen LogP contribution in [-0.4, -0.2) is 12.5 Å². The Morgan fingerprint density at radius 2 is 1.82 bits per heavy atom. The van der Waals surface area contributed by atoms with Crippen molar-refractivity contribution < 1.29 is 4.79 Å². The van der Waals surface area contributed by atoms with Crippen LogP contribution in [0, 0.1) is 6.92 Å². The average molecular weight is 316 g/mol. The standard InChI is InChI=1S/C19H22ClNO/c1-13(2)16-7-5-15(6-8-16)10-11-21-19(22)17-9-4-14(3)12-18(17)20/h4-9,12-13H,10-11H2,1-3H3,(H,21,22). The molecule has 0 bridgehead atoms. The van der Waals surface area contributed by atoms with E-state index in [1.54, 1.807) is 12.1 Å². The van der Waals surface area contributed by atoms with E-state index in [0.29, 0.717) is 23.0 Å². The fraction of sp³-hybridized carbons (Fsp3) is 0.316. The van der Waals surface area contributed by atoms with Crippen molar-refractivity contribution in [3.05, 3.63) is 69.7 Å². The molecule has 2 rings (SSSR count). The first-order valence-electron chi connectivity index (χ1n) is 7.60. The molecule has 0 spiro atoms. The molecule has 0 aromatic heterocycles. The molecule has 2 aromatic carbocycles. The molecule has 22 heavy (non-hydrogen) atoms. The minimum absolute atomic E-state index is 0.121. The predicted molar refractivity (Wildman–Crippen MR) is 92.8 cm³/mol. The van der Waals surface area contributed by atoms with Gasteiger partial charge >= 0.3 is 0 Å². The third-order valence-electron chi connectivity index (χ3n) is 3.71. The van der Waals surface area contributed by atoms with Crippen LogP contribution in [-0.2, 0) is 6.42 Å². The number of hydrogen-bond donors (Lipinski definition) is 1. The van der Waals surface area contributed by atoms with Gasteiger partial charge < -0.3 is 5.32 Å². The second-order valence-corrected chi connectivity index (χ2v) is 6.29. The van der Waals surface area contributed by atoms with E-state index in [-0.39, 0.29) is 5.91 Å². The zero-order valence-corrected chi connectivity index (χ0v) is 14.1. The summed E-state index contributed by atoms with van der Waals surface area (Å²) in [6, 6.07) is 14.0. The number of carbonyl (C=O) groups excluding carboxylic acids is 1. The molecule has 0 fully saturated rings. The van der Waals surface area contributed by atoms with E-state index in [2.05, 4.69) is 43.4 Å². The van der Waals surface area contributed by atoms with Gasteiger partial charge in [-0.1, -0.05) is 55.8 Å². The molecule has 0 radical (unpaired) electrons. The summed E-state index contributed by atoms with van der Waals surface area (Å²) >= 11 is 6.11. The van der Waals surface area contributed by atoms with E-state index in [0.717, 1.165) is 12.0 Å². The van der Waals surface area contributed by atoms with Gasteiger partial charge in [-0.05, 0) is 48.1 Å². The van der Waals surface area contributed by atoms with Crippen molar-refractivity contribution >= 4 is 17.5 Å². The number of nitrogens with one attached hydrogen (secondary N) is 1. The van der Waals surface area contributed by atoms with Crippen molar-refractivity contribution in [2.24, 2.45) is 0 Å². The molecule has 0 aliphatic rings. The predicted octanol–water partition coefficient (Wildman–Crippen LogP) is 4.74. The molecule has 116 valence electrons. The third kappa shape index (κ3) is 4.35. The quantitative estimate of drug-likeness (QED) is 0.848. The van der Waals surface area contributed by atoms with Gasteiger partial charge in [0.1, 0.15) is 0 Å². The van der Waals surface area contributed by atoms with Crippen LogP contribution in [0.1, 0.15) is 46.8 Å². The number of carbonyl (C=O) groups is 1. The van der Waals surface area contributed by atoms with Gasteiger partial charge in [0.05, 0.1) is 10.6 Å². The van der Waals surface area contributed by atoms with Crippen LogP contribution in [0.4, 0.5) is 0 Å². The summed E-state index contributed by atoms with van der Waals surface area (Å²) in [5, 5.41) is 3.42. The molecule has 0 heterocycles. The minimum Gasteiger partial charge on any atom is -0.352 e. The van der Waals surface area contributed by atoms with Crippen LogP contribution < -0.4 is 5.32 Å². The first-order chi connectivity index (χ1) is 10.5. The Labute approximate surface area is 137 Å². The van der Waals surface area contributed by atoms with Gasteiger partial charge in [-0.15, -0.1) is 0 Å². The highest BCUT2D eigenvalue weighted by Crippen LogP contribution is 2.17. The number of halogens is 1. The van der Waals surface area contributed by atoms with Gasteiger partial charge in [0.15, 0.2) is 0 Å². The molecule has 0 atom stereocenters. The molecular formula is C19H22ClNO. The largest absolute Gasteiger partial charge is 0.352 e. The number of rotatable bonds is 5. The molecule has 1 amide bonds. The van der Waals surface area contributed by atoms with Crippen LogP contribution >= 0.6 is 11.6 Å². The fourth-order valence-electron chi connectivity index (χ4n) is 2.29. The fourth-order valence-corrected chi connectivity index (χ4v) is 2.61. The van der Waals surface area contributed by atoms with Gasteiger partial charge in [0.2, 0.25) is 0 Å². The zero-order valence-electron chi connectivity index (χ0n) is 13.3. The number of amides is 1. The van der Waals surface area contributed by atoms with E-state index in [9.17, 15) is 4.79 Å². The summed E-state index contributed by atoms with van der Waals surface area (Å²) in [5.41, 5.74) is 4.13. The second-order valence-electron chi connectivity index (χ2n) is 5.89. The topological polar surface area (TPSA) is 29.1 Å². The summed E-state index contributed by atoms with van der Waals surface area (Å²) in [5.74, 6) is 0.418.